The fraction of sp³-hybridized carbons (Fsp3) is 0.545. The molecule has 0 unspecified atom stereocenters. The first kappa shape index (κ1) is 19.6. The molecule has 2 aromatic rings. The number of aromatic nitrogens is 2. The highest BCUT2D eigenvalue weighted by Crippen LogP contribution is 2.19. The standard InChI is InChI=1S/C22H32N4O/c1-19-7-3-4-9-21(19)10-15-25-13-5-8-20(18-25)17-24(2)22(27)11-16-26-14-6-12-23-26/h3-4,6-7,9,12,14,20H,5,8,10-11,13,15-18H2,1-2H3/t20-/m0/s1. The summed E-state index contributed by atoms with van der Waals surface area (Å²) in [5, 5.41) is 4.16. The summed E-state index contributed by atoms with van der Waals surface area (Å²) in [5.41, 5.74) is 2.83. The second-order valence-electron chi connectivity index (χ2n) is 7.78. The van der Waals surface area contributed by atoms with E-state index in [9.17, 15) is 4.79 Å². The predicted octanol–water partition coefficient (Wildman–Crippen LogP) is 2.99. The number of likely N-dealkylation sites (tertiary alicyclic amines) is 1. The van der Waals surface area contributed by atoms with Crippen LogP contribution in [0.1, 0.15) is 30.4 Å². The van der Waals surface area contributed by atoms with Crippen molar-refractivity contribution in [3.63, 3.8) is 0 Å². The quantitative estimate of drug-likeness (QED) is 0.719. The maximum Gasteiger partial charge on any atom is 0.224 e. The van der Waals surface area contributed by atoms with Gasteiger partial charge in [0.1, 0.15) is 0 Å². The molecule has 0 bridgehead atoms. The minimum absolute atomic E-state index is 0.211. The Labute approximate surface area is 163 Å². The van der Waals surface area contributed by atoms with Gasteiger partial charge in [-0.15, -0.1) is 0 Å². The first-order valence-corrected chi connectivity index (χ1v) is 10.1. The molecule has 5 heteroatoms. The summed E-state index contributed by atoms with van der Waals surface area (Å²) in [4.78, 5) is 16.9. The minimum Gasteiger partial charge on any atom is -0.345 e. The summed E-state index contributed by atoms with van der Waals surface area (Å²) in [6.45, 7) is 7.10. The number of carbonyl (C=O) groups excluding carboxylic acids is 1. The SMILES string of the molecule is Cc1ccccc1CCN1CCC[C@@H](CN(C)C(=O)CCn2cccn2)C1. The molecule has 1 atom stereocenters. The Balaban J connectivity index is 1.42. The van der Waals surface area contributed by atoms with Crippen LogP contribution in [0.15, 0.2) is 42.7 Å². The van der Waals surface area contributed by atoms with Crippen molar-refractivity contribution in [2.75, 3.05) is 33.2 Å². The van der Waals surface area contributed by atoms with Gasteiger partial charge in [0.15, 0.2) is 0 Å². The lowest BCUT2D eigenvalue weighted by molar-refractivity contribution is -0.131. The van der Waals surface area contributed by atoms with Crippen molar-refractivity contribution in [3.8, 4) is 0 Å². The number of rotatable bonds is 8. The molecule has 5 nitrogen and oxygen atoms in total. The van der Waals surface area contributed by atoms with E-state index in [0.29, 0.717) is 18.9 Å². The molecule has 0 spiro atoms. The van der Waals surface area contributed by atoms with Crippen LogP contribution in [-0.2, 0) is 17.8 Å². The van der Waals surface area contributed by atoms with Crippen LogP contribution >= 0.6 is 0 Å². The molecule has 1 fully saturated rings. The number of hydrogen-bond acceptors (Lipinski definition) is 3. The van der Waals surface area contributed by atoms with Gasteiger partial charge in [-0.1, -0.05) is 24.3 Å². The number of nitrogens with zero attached hydrogens (tertiary/aromatic N) is 4. The Morgan fingerprint density at radius 3 is 2.89 bits per heavy atom. The zero-order valence-corrected chi connectivity index (χ0v) is 16.7. The monoisotopic (exact) mass is 368 g/mol. The topological polar surface area (TPSA) is 41.4 Å². The molecular formula is C22H32N4O. The third-order valence-corrected chi connectivity index (χ3v) is 5.63. The Kier molecular flexibility index (Phi) is 7.04. The van der Waals surface area contributed by atoms with Crippen molar-refractivity contribution in [2.24, 2.45) is 5.92 Å². The largest absolute Gasteiger partial charge is 0.345 e. The number of carbonyl (C=O) groups is 1. The molecule has 1 aromatic carbocycles. The Morgan fingerprint density at radius 1 is 1.26 bits per heavy atom. The van der Waals surface area contributed by atoms with Crippen molar-refractivity contribution in [2.45, 2.75) is 39.2 Å². The van der Waals surface area contributed by atoms with E-state index in [1.165, 1.54) is 30.5 Å². The maximum atomic E-state index is 12.4. The fourth-order valence-electron chi connectivity index (χ4n) is 4.00. The first-order valence-electron chi connectivity index (χ1n) is 10.1. The average Bonchev–Trinajstić information content (AvgIpc) is 3.19. The van der Waals surface area contributed by atoms with Crippen molar-refractivity contribution in [1.29, 1.82) is 0 Å². The summed E-state index contributed by atoms with van der Waals surface area (Å²) in [5.74, 6) is 0.789. The third kappa shape index (κ3) is 5.93. The van der Waals surface area contributed by atoms with Gasteiger partial charge in [-0.3, -0.25) is 9.48 Å². The van der Waals surface area contributed by atoms with E-state index < -0.39 is 0 Å². The summed E-state index contributed by atoms with van der Waals surface area (Å²) in [7, 11) is 1.94. The molecule has 3 rings (SSSR count). The van der Waals surface area contributed by atoms with Crippen LogP contribution in [0.25, 0.3) is 0 Å². The molecule has 0 aliphatic carbocycles. The van der Waals surface area contributed by atoms with Crippen LogP contribution in [0.5, 0.6) is 0 Å². The smallest absolute Gasteiger partial charge is 0.224 e. The van der Waals surface area contributed by atoms with E-state index in [1.54, 1.807) is 6.20 Å². The van der Waals surface area contributed by atoms with Gasteiger partial charge in [-0.25, -0.2) is 0 Å². The van der Waals surface area contributed by atoms with Crippen molar-refractivity contribution < 1.29 is 4.79 Å². The normalized spacial score (nSPS) is 17.8. The lowest BCUT2D eigenvalue weighted by Gasteiger charge is -2.35. The van der Waals surface area contributed by atoms with Crippen LogP contribution in [0.3, 0.4) is 0 Å². The number of benzene rings is 1. The molecule has 0 saturated carbocycles. The van der Waals surface area contributed by atoms with Gasteiger partial charge in [-0.2, -0.15) is 5.10 Å². The molecule has 0 N–H and O–H groups in total. The summed E-state index contributed by atoms with van der Waals surface area (Å²) in [6.07, 6.45) is 7.73. The van der Waals surface area contributed by atoms with Crippen molar-refractivity contribution in [1.82, 2.24) is 19.6 Å². The van der Waals surface area contributed by atoms with E-state index in [2.05, 4.69) is 41.2 Å². The highest BCUT2D eigenvalue weighted by Gasteiger charge is 2.22. The lowest BCUT2D eigenvalue weighted by atomic mass is 9.96. The highest BCUT2D eigenvalue weighted by molar-refractivity contribution is 5.75. The third-order valence-electron chi connectivity index (χ3n) is 5.63. The van der Waals surface area contributed by atoms with Crippen LogP contribution in [0.2, 0.25) is 0 Å². The second kappa shape index (κ2) is 9.70. The van der Waals surface area contributed by atoms with Gasteiger partial charge in [0, 0.05) is 52.0 Å². The molecule has 146 valence electrons. The van der Waals surface area contributed by atoms with Gasteiger partial charge < -0.3 is 9.80 Å². The van der Waals surface area contributed by atoms with E-state index in [-0.39, 0.29) is 5.91 Å². The predicted molar refractivity (Wildman–Crippen MR) is 109 cm³/mol. The number of aryl methyl sites for hydroxylation is 2. The average molecular weight is 369 g/mol. The van der Waals surface area contributed by atoms with E-state index in [1.807, 2.05) is 28.9 Å². The number of amides is 1. The maximum absolute atomic E-state index is 12.4. The van der Waals surface area contributed by atoms with Crippen molar-refractivity contribution in [3.05, 3.63) is 53.9 Å². The molecule has 2 heterocycles. The van der Waals surface area contributed by atoms with Gasteiger partial charge in [0.2, 0.25) is 5.91 Å². The van der Waals surface area contributed by atoms with Crippen LogP contribution in [-0.4, -0.2) is 58.7 Å². The molecule has 1 aliphatic rings. The molecule has 1 aromatic heterocycles. The highest BCUT2D eigenvalue weighted by atomic mass is 16.2. The van der Waals surface area contributed by atoms with Crippen molar-refractivity contribution >= 4 is 5.91 Å². The summed E-state index contributed by atoms with van der Waals surface area (Å²) in [6, 6.07) is 10.6. The molecular weight excluding hydrogens is 336 g/mol. The molecule has 1 aliphatic heterocycles. The van der Waals surface area contributed by atoms with E-state index in [4.69, 9.17) is 0 Å². The zero-order chi connectivity index (χ0) is 19.1. The Hall–Kier alpha value is -2.14. The molecule has 1 amide bonds. The Bertz CT molecular complexity index is 713. The number of hydrogen-bond donors (Lipinski definition) is 0. The first-order chi connectivity index (χ1) is 13.1. The van der Waals surface area contributed by atoms with Gasteiger partial charge in [0.05, 0.1) is 0 Å². The zero-order valence-electron chi connectivity index (χ0n) is 16.7. The van der Waals surface area contributed by atoms with Crippen LogP contribution < -0.4 is 0 Å². The number of piperidine rings is 1. The van der Waals surface area contributed by atoms with Crippen LogP contribution in [0.4, 0.5) is 0 Å². The molecule has 0 radical (unpaired) electrons. The van der Waals surface area contributed by atoms with Crippen LogP contribution in [0, 0.1) is 12.8 Å². The molecule has 27 heavy (non-hydrogen) atoms. The summed E-state index contributed by atoms with van der Waals surface area (Å²) >= 11 is 0. The van der Waals surface area contributed by atoms with E-state index >= 15 is 0 Å². The second-order valence-corrected chi connectivity index (χ2v) is 7.78. The van der Waals surface area contributed by atoms with Gasteiger partial charge >= 0.3 is 0 Å². The fourth-order valence-corrected chi connectivity index (χ4v) is 4.00. The van der Waals surface area contributed by atoms with E-state index in [0.717, 1.165) is 26.1 Å². The molecule has 1 saturated heterocycles. The van der Waals surface area contributed by atoms with Gasteiger partial charge in [-0.05, 0) is 55.8 Å². The minimum atomic E-state index is 0.211. The Morgan fingerprint density at radius 2 is 2.11 bits per heavy atom. The van der Waals surface area contributed by atoms with Gasteiger partial charge in [0.25, 0.3) is 0 Å². The summed E-state index contributed by atoms with van der Waals surface area (Å²) < 4.78 is 1.82. The lowest BCUT2D eigenvalue weighted by Crippen LogP contribution is -2.42.